The summed E-state index contributed by atoms with van der Waals surface area (Å²) < 4.78 is 15.0. The van der Waals surface area contributed by atoms with Crippen molar-refractivity contribution in [2.75, 3.05) is 11.9 Å². The van der Waals surface area contributed by atoms with E-state index in [1.54, 1.807) is 19.1 Å². The average Bonchev–Trinajstić information content (AvgIpc) is 2.91. The predicted octanol–water partition coefficient (Wildman–Crippen LogP) is 7.65. The first-order chi connectivity index (χ1) is 19.2. The molecule has 2 aromatic rings. The maximum atomic E-state index is 15.0. The van der Waals surface area contributed by atoms with Gasteiger partial charge in [0.2, 0.25) is 5.91 Å². The van der Waals surface area contributed by atoms with Gasteiger partial charge in [-0.3, -0.25) is 9.59 Å². The van der Waals surface area contributed by atoms with Crippen LogP contribution in [0.25, 0.3) is 0 Å². The van der Waals surface area contributed by atoms with Gasteiger partial charge in [0, 0.05) is 18.3 Å². The van der Waals surface area contributed by atoms with Crippen molar-refractivity contribution >= 4 is 17.5 Å². The summed E-state index contributed by atoms with van der Waals surface area (Å²) in [5.74, 6) is -0.534. The van der Waals surface area contributed by atoms with E-state index in [0.717, 1.165) is 49.8 Å². The van der Waals surface area contributed by atoms with E-state index in [4.69, 9.17) is 0 Å². The van der Waals surface area contributed by atoms with Crippen LogP contribution in [-0.2, 0) is 10.2 Å². The summed E-state index contributed by atoms with van der Waals surface area (Å²) >= 11 is 0. The minimum absolute atomic E-state index is 0.0428. The van der Waals surface area contributed by atoms with Crippen molar-refractivity contribution in [1.29, 1.82) is 0 Å². The van der Waals surface area contributed by atoms with Gasteiger partial charge >= 0.3 is 0 Å². The number of carbonyl (C=O) groups excluding carboxylic acids is 2. The molecule has 1 aliphatic carbocycles. The Balaban J connectivity index is 1.60. The largest absolute Gasteiger partial charge is 0.390 e. The van der Waals surface area contributed by atoms with Crippen LogP contribution in [0.5, 0.6) is 0 Å². The number of aryl methyl sites for hydroxylation is 1. The molecule has 0 bridgehead atoms. The van der Waals surface area contributed by atoms with Crippen molar-refractivity contribution < 1.29 is 19.1 Å². The summed E-state index contributed by atoms with van der Waals surface area (Å²) in [7, 11) is 0. The second-order valence-electron chi connectivity index (χ2n) is 14.1. The van der Waals surface area contributed by atoms with Gasteiger partial charge in [-0.15, -0.1) is 0 Å². The Morgan fingerprint density at radius 3 is 2.32 bits per heavy atom. The molecule has 1 saturated heterocycles. The summed E-state index contributed by atoms with van der Waals surface area (Å²) in [6.45, 7) is 12.5. The standard InChI is InChI=1S/C35H49FN2O3/c1-23-10-7-14-29(36)30(23)33(40)38-21-9-13-28(32(39)37-27-12-8-11-26(22-27)34(2,3)4)31(38)25-17-15-24(16-18-25)19-20-35(5,6)41/h7-8,10-12,14,22,24-25,28,31,41H,9,13,15-21H2,1-6H3,(H,37,39)/t24?,25?,28?,31-/m0/s1. The molecule has 1 saturated carbocycles. The number of nitrogens with one attached hydrogen (secondary N) is 1. The number of hydrogen-bond donors (Lipinski definition) is 2. The van der Waals surface area contributed by atoms with E-state index in [9.17, 15) is 19.1 Å². The minimum Gasteiger partial charge on any atom is -0.390 e. The van der Waals surface area contributed by atoms with Crippen LogP contribution in [-0.4, -0.2) is 40.0 Å². The molecule has 2 aliphatic rings. The predicted molar refractivity (Wildman–Crippen MR) is 163 cm³/mol. The number of benzene rings is 2. The highest BCUT2D eigenvalue weighted by molar-refractivity contribution is 5.98. The molecule has 1 aliphatic heterocycles. The van der Waals surface area contributed by atoms with Crippen molar-refractivity contribution in [2.45, 2.75) is 110 Å². The smallest absolute Gasteiger partial charge is 0.257 e. The molecule has 4 rings (SSSR count). The lowest BCUT2D eigenvalue weighted by molar-refractivity contribution is -0.124. The maximum absolute atomic E-state index is 15.0. The quantitative estimate of drug-likeness (QED) is 0.363. The lowest BCUT2D eigenvalue weighted by Crippen LogP contribution is -2.55. The molecule has 2 atom stereocenters. The molecule has 224 valence electrons. The average molecular weight is 565 g/mol. The first kappa shape index (κ1) is 31.2. The summed E-state index contributed by atoms with van der Waals surface area (Å²) in [5, 5.41) is 13.4. The maximum Gasteiger partial charge on any atom is 0.257 e. The molecule has 6 heteroatoms. The van der Waals surface area contributed by atoms with E-state index < -0.39 is 11.4 Å². The molecule has 2 aromatic carbocycles. The third-order valence-electron chi connectivity index (χ3n) is 9.25. The molecule has 2 fully saturated rings. The number of likely N-dealkylation sites (tertiary alicyclic amines) is 1. The number of carbonyl (C=O) groups is 2. The van der Waals surface area contributed by atoms with Gasteiger partial charge < -0.3 is 15.3 Å². The molecule has 5 nitrogen and oxygen atoms in total. The molecule has 2 amide bonds. The number of piperidine rings is 1. The zero-order valence-electron chi connectivity index (χ0n) is 25.8. The fourth-order valence-corrected chi connectivity index (χ4v) is 6.85. The van der Waals surface area contributed by atoms with E-state index >= 15 is 0 Å². The van der Waals surface area contributed by atoms with Crippen molar-refractivity contribution in [3.05, 3.63) is 65.0 Å². The number of anilines is 1. The van der Waals surface area contributed by atoms with Crippen LogP contribution in [0, 0.1) is 30.5 Å². The number of hydrogen-bond acceptors (Lipinski definition) is 3. The number of amides is 2. The fraction of sp³-hybridized carbons (Fsp3) is 0.600. The lowest BCUT2D eigenvalue weighted by atomic mass is 9.70. The van der Waals surface area contributed by atoms with Gasteiger partial charge in [-0.2, -0.15) is 0 Å². The van der Waals surface area contributed by atoms with Gasteiger partial charge in [0.15, 0.2) is 0 Å². The Morgan fingerprint density at radius 2 is 1.68 bits per heavy atom. The van der Waals surface area contributed by atoms with Gasteiger partial charge in [0.1, 0.15) is 5.82 Å². The normalized spacial score (nSPS) is 23.8. The summed E-state index contributed by atoms with van der Waals surface area (Å²) in [5.41, 5.74) is 1.94. The second-order valence-corrected chi connectivity index (χ2v) is 14.1. The van der Waals surface area contributed by atoms with Crippen LogP contribution in [0.4, 0.5) is 10.1 Å². The zero-order valence-corrected chi connectivity index (χ0v) is 25.8. The third kappa shape index (κ3) is 7.77. The lowest BCUT2D eigenvalue weighted by Gasteiger charge is -2.47. The monoisotopic (exact) mass is 564 g/mol. The Bertz CT molecular complexity index is 1200. The summed E-state index contributed by atoms with van der Waals surface area (Å²) in [6, 6.07) is 12.5. The van der Waals surface area contributed by atoms with E-state index in [-0.39, 0.29) is 40.7 Å². The van der Waals surface area contributed by atoms with Crippen molar-refractivity contribution in [3.8, 4) is 0 Å². The number of rotatable bonds is 7. The first-order valence-corrected chi connectivity index (χ1v) is 15.4. The van der Waals surface area contributed by atoms with Crippen LogP contribution in [0.15, 0.2) is 42.5 Å². The number of nitrogens with zero attached hydrogens (tertiary/aromatic N) is 1. The van der Waals surface area contributed by atoms with Gasteiger partial charge in [-0.05, 0) is 106 Å². The minimum atomic E-state index is -0.672. The van der Waals surface area contributed by atoms with E-state index in [1.165, 1.54) is 6.07 Å². The molecule has 0 radical (unpaired) electrons. The van der Waals surface area contributed by atoms with Crippen molar-refractivity contribution in [1.82, 2.24) is 4.90 Å². The molecular weight excluding hydrogens is 515 g/mol. The summed E-state index contributed by atoms with van der Waals surface area (Å²) in [6.07, 6.45) is 7.02. The fourth-order valence-electron chi connectivity index (χ4n) is 6.85. The molecule has 1 heterocycles. The van der Waals surface area contributed by atoms with Gasteiger partial charge in [0.05, 0.1) is 17.1 Å². The van der Waals surface area contributed by atoms with Crippen molar-refractivity contribution in [3.63, 3.8) is 0 Å². The molecule has 41 heavy (non-hydrogen) atoms. The number of halogens is 1. The Kier molecular flexibility index (Phi) is 9.63. The van der Waals surface area contributed by atoms with Crippen LogP contribution in [0.1, 0.15) is 107 Å². The Labute approximate surface area is 245 Å². The van der Waals surface area contributed by atoms with Gasteiger partial charge in [-0.25, -0.2) is 4.39 Å². The van der Waals surface area contributed by atoms with Crippen LogP contribution >= 0.6 is 0 Å². The molecule has 2 N–H and O–H groups in total. The highest BCUT2D eigenvalue weighted by Gasteiger charge is 2.44. The Morgan fingerprint density at radius 1 is 1.00 bits per heavy atom. The highest BCUT2D eigenvalue weighted by Crippen LogP contribution is 2.41. The van der Waals surface area contributed by atoms with E-state index in [2.05, 4.69) is 32.2 Å². The Hall–Kier alpha value is -2.73. The zero-order chi connectivity index (χ0) is 29.9. The second kappa shape index (κ2) is 12.6. The first-order valence-electron chi connectivity index (χ1n) is 15.4. The van der Waals surface area contributed by atoms with Gasteiger partial charge in [-0.1, -0.05) is 57.9 Å². The van der Waals surface area contributed by atoms with E-state index in [0.29, 0.717) is 30.9 Å². The van der Waals surface area contributed by atoms with Gasteiger partial charge in [0.25, 0.3) is 5.91 Å². The molecular formula is C35H49FN2O3. The van der Waals surface area contributed by atoms with Crippen molar-refractivity contribution in [2.24, 2.45) is 17.8 Å². The van der Waals surface area contributed by atoms with Crippen LogP contribution in [0.3, 0.4) is 0 Å². The molecule has 0 spiro atoms. The molecule has 0 aromatic heterocycles. The SMILES string of the molecule is Cc1cccc(F)c1C(=O)N1CCCC(C(=O)Nc2cccc(C(C)(C)C)c2)[C@@H]1C1CCC(CCC(C)(C)O)CC1. The molecule has 1 unspecified atom stereocenters. The third-order valence-corrected chi connectivity index (χ3v) is 9.25. The number of aliphatic hydroxyl groups is 1. The van der Waals surface area contributed by atoms with Crippen LogP contribution in [0.2, 0.25) is 0 Å². The van der Waals surface area contributed by atoms with Crippen LogP contribution < -0.4 is 5.32 Å². The summed E-state index contributed by atoms with van der Waals surface area (Å²) in [4.78, 5) is 29.8. The highest BCUT2D eigenvalue weighted by atomic mass is 19.1. The van der Waals surface area contributed by atoms with E-state index in [1.807, 2.05) is 36.9 Å². The topological polar surface area (TPSA) is 69.6 Å².